The molecule has 2 atom stereocenters. The Bertz CT molecular complexity index is 1370. The van der Waals surface area contributed by atoms with Crippen LogP contribution in [0.5, 0.6) is 0 Å². The Labute approximate surface area is 219 Å². The van der Waals surface area contributed by atoms with Crippen molar-refractivity contribution in [3.63, 3.8) is 0 Å². The normalized spacial score (nSPS) is 22.3. The molecule has 0 radical (unpaired) electrons. The van der Waals surface area contributed by atoms with Crippen LogP contribution in [-0.4, -0.2) is 81.9 Å². The molecule has 3 amide bonds. The van der Waals surface area contributed by atoms with E-state index in [-0.39, 0.29) is 36.8 Å². The Morgan fingerprint density at radius 1 is 1.30 bits per heavy atom. The molecule has 2 fully saturated rings. The minimum Gasteiger partial charge on any atom is -0.372 e. The van der Waals surface area contributed by atoms with Crippen molar-refractivity contribution >= 4 is 56.8 Å². The van der Waals surface area contributed by atoms with Gasteiger partial charge >= 0.3 is 0 Å². The highest BCUT2D eigenvalue weighted by atomic mass is 35.5. The number of benzene rings is 1. The number of halogens is 1. The molecule has 3 aromatic rings. The number of rotatable bonds is 5. The number of hydrogen-bond acceptors (Lipinski definition) is 6. The molecule has 0 aliphatic carbocycles. The Hall–Kier alpha value is -3.21. The van der Waals surface area contributed by atoms with E-state index in [1.54, 1.807) is 23.4 Å². The fourth-order valence-corrected chi connectivity index (χ4v) is 5.52. The van der Waals surface area contributed by atoms with Gasteiger partial charge < -0.3 is 25.7 Å². The molecule has 5 rings (SSSR count). The molecule has 11 heteroatoms. The highest BCUT2D eigenvalue weighted by molar-refractivity contribution is 6.33. The lowest BCUT2D eigenvalue weighted by atomic mass is 9.97. The number of hydrogen-bond donors (Lipinski definition) is 3. The second-order valence-corrected chi connectivity index (χ2v) is 10.9. The number of carbonyl (C=O) groups excluding carboxylic acids is 3. The molecule has 2 aliphatic rings. The Morgan fingerprint density at radius 3 is 2.89 bits per heavy atom. The van der Waals surface area contributed by atoms with Gasteiger partial charge in [-0.3, -0.25) is 24.3 Å². The highest BCUT2D eigenvalue weighted by Crippen LogP contribution is 2.33. The fraction of sp³-hybridized carbons (Fsp3) is 0.462. The number of piperidine rings is 1. The van der Waals surface area contributed by atoms with Gasteiger partial charge in [-0.1, -0.05) is 11.6 Å². The largest absolute Gasteiger partial charge is 0.372 e. The van der Waals surface area contributed by atoms with Gasteiger partial charge in [-0.15, -0.1) is 0 Å². The van der Waals surface area contributed by atoms with Crippen molar-refractivity contribution < 1.29 is 19.1 Å². The standard InChI is InChI=1S/C26H31ClN6O4/c1-26(2)14-33(12-22(34)32-7-3-4-15(11-32)24(28)35)21(13-37-26)25(36)31-19-9-16(27)8-18-17-5-6-29-10-20(17)30-23(18)19/h5-6,8-10,15,21,30H,3-4,7,11-14H2,1-2H3,(H2,28,35)(H,31,36)/t15?,21-/m0/s1. The molecule has 4 N–H and O–H groups in total. The number of nitrogens with zero attached hydrogens (tertiary/aromatic N) is 3. The van der Waals surface area contributed by atoms with E-state index < -0.39 is 11.6 Å². The maximum Gasteiger partial charge on any atom is 0.244 e. The molecule has 1 aromatic carbocycles. The number of fused-ring (bicyclic) bond motifs is 3. The number of aromatic amines is 1. The number of morpholine rings is 1. The molecule has 37 heavy (non-hydrogen) atoms. The van der Waals surface area contributed by atoms with Crippen molar-refractivity contribution in [2.45, 2.75) is 38.3 Å². The van der Waals surface area contributed by atoms with Gasteiger partial charge in [0.15, 0.2) is 0 Å². The number of ether oxygens (including phenoxy) is 1. The number of primary amides is 1. The lowest BCUT2D eigenvalue weighted by Gasteiger charge is -2.43. The molecule has 2 saturated heterocycles. The molecule has 0 spiro atoms. The number of amides is 3. The zero-order chi connectivity index (χ0) is 26.3. The molecular weight excluding hydrogens is 496 g/mol. The van der Waals surface area contributed by atoms with Crippen molar-refractivity contribution in [3.05, 3.63) is 35.6 Å². The minimum absolute atomic E-state index is 0.0410. The molecule has 4 heterocycles. The lowest BCUT2D eigenvalue weighted by molar-refractivity contribution is -0.151. The number of anilines is 1. The van der Waals surface area contributed by atoms with Crippen LogP contribution < -0.4 is 11.1 Å². The molecule has 10 nitrogen and oxygen atoms in total. The van der Waals surface area contributed by atoms with Gasteiger partial charge in [-0.2, -0.15) is 0 Å². The smallest absolute Gasteiger partial charge is 0.244 e. The van der Waals surface area contributed by atoms with Crippen molar-refractivity contribution in [2.75, 3.05) is 38.1 Å². The molecule has 1 unspecified atom stereocenters. The van der Waals surface area contributed by atoms with Crippen LogP contribution in [0.25, 0.3) is 21.8 Å². The number of carbonyl (C=O) groups is 3. The minimum atomic E-state index is -0.686. The molecule has 0 saturated carbocycles. The van der Waals surface area contributed by atoms with Crippen molar-refractivity contribution in [1.29, 1.82) is 0 Å². The molecule has 0 bridgehead atoms. The lowest BCUT2D eigenvalue weighted by Crippen LogP contribution is -2.60. The van der Waals surface area contributed by atoms with E-state index in [1.165, 1.54) is 0 Å². The van der Waals surface area contributed by atoms with Crippen LogP contribution in [-0.2, 0) is 19.1 Å². The van der Waals surface area contributed by atoms with Gasteiger partial charge in [0.25, 0.3) is 0 Å². The fourth-order valence-electron chi connectivity index (χ4n) is 5.30. The van der Waals surface area contributed by atoms with Gasteiger partial charge in [0.1, 0.15) is 6.04 Å². The average Bonchev–Trinajstić information content (AvgIpc) is 3.22. The maximum absolute atomic E-state index is 13.6. The van der Waals surface area contributed by atoms with Crippen LogP contribution in [0.1, 0.15) is 26.7 Å². The van der Waals surface area contributed by atoms with E-state index in [1.807, 2.05) is 30.9 Å². The van der Waals surface area contributed by atoms with Crippen molar-refractivity contribution in [3.8, 4) is 0 Å². The van der Waals surface area contributed by atoms with E-state index in [0.717, 1.165) is 28.2 Å². The summed E-state index contributed by atoms with van der Waals surface area (Å²) < 4.78 is 5.97. The first-order valence-corrected chi connectivity index (χ1v) is 12.8. The second-order valence-electron chi connectivity index (χ2n) is 10.5. The van der Waals surface area contributed by atoms with Crippen LogP contribution in [0.4, 0.5) is 5.69 Å². The third kappa shape index (κ3) is 5.27. The third-order valence-corrected chi connectivity index (χ3v) is 7.42. The van der Waals surface area contributed by atoms with Crippen molar-refractivity contribution in [2.24, 2.45) is 11.7 Å². The van der Waals surface area contributed by atoms with Crippen LogP contribution in [0, 0.1) is 5.92 Å². The molecule has 2 aromatic heterocycles. The number of pyridine rings is 1. The monoisotopic (exact) mass is 526 g/mol. The van der Waals surface area contributed by atoms with Crippen LogP contribution in [0.2, 0.25) is 5.02 Å². The van der Waals surface area contributed by atoms with Gasteiger partial charge in [-0.25, -0.2) is 0 Å². The van der Waals surface area contributed by atoms with Gasteiger partial charge in [0.05, 0.1) is 47.6 Å². The van der Waals surface area contributed by atoms with Crippen LogP contribution in [0.3, 0.4) is 0 Å². The van der Waals surface area contributed by atoms with Gasteiger partial charge in [0.2, 0.25) is 17.7 Å². The maximum atomic E-state index is 13.6. The first-order chi connectivity index (χ1) is 17.6. The number of nitrogens with one attached hydrogen (secondary N) is 2. The molecule has 196 valence electrons. The van der Waals surface area contributed by atoms with Crippen LogP contribution >= 0.6 is 11.6 Å². The van der Waals surface area contributed by atoms with E-state index >= 15 is 0 Å². The van der Waals surface area contributed by atoms with Gasteiger partial charge in [-0.05, 0) is 44.9 Å². The Balaban J connectivity index is 1.37. The summed E-state index contributed by atoms with van der Waals surface area (Å²) in [5, 5.41) is 5.32. The summed E-state index contributed by atoms with van der Waals surface area (Å²) in [5.74, 6) is -1.15. The number of H-pyrrole nitrogens is 1. The predicted molar refractivity (Wildman–Crippen MR) is 141 cm³/mol. The summed E-state index contributed by atoms with van der Waals surface area (Å²) in [4.78, 5) is 49.5. The first-order valence-electron chi connectivity index (χ1n) is 12.4. The predicted octanol–water partition coefficient (Wildman–Crippen LogP) is 2.51. The van der Waals surface area contributed by atoms with Crippen molar-refractivity contribution in [1.82, 2.24) is 19.8 Å². The summed E-state index contributed by atoms with van der Waals surface area (Å²) in [5.41, 5.74) is 7.08. The molecule has 2 aliphatic heterocycles. The summed E-state index contributed by atoms with van der Waals surface area (Å²) in [7, 11) is 0. The average molecular weight is 527 g/mol. The summed E-state index contributed by atoms with van der Waals surface area (Å²) in [6, 6.07) is 4.75. The third-order valence-electron chi connectivity index (χ3n) is 7.21. The van der Waals surface area contributed by atoms with E-state index in [0.29, 0.717) is 36.8 Å². The first kappa shape index (κ1) is 25.4. The highest BCUT2D eigenvalue weighted by Gasteiger charge is 2.39. The van der Waals surface area contributed by atoms with Crippen LogP contribution in [0.15, 0.2) is 30.6 Å². The van der Waals surface area contributed by atoms with E-state index in [9.17, 15) is 14.4 Å². The zero-order valence-electron chi connectivity index (χ0n) is 20.9. The zero-order valence-corrected chi connectivity index (χ0v) is 21.7. The summed E-state index contributed by atoms with van der Waals surface area (Å²) in [6.07, 6.45) is 4.84. The topological polar surface area (TPSA) is 134 Å². The Morgan fingerprint density at radius 2 is 2.11 bits per heavy atom. The van der Waals surface area contributed by atoms with Gasteiger partial charge in [0, 0.05) is 41.6 Å². The quantitative estimate of drug-likeness (QED) is 0.468. The summed E-state index contributed by atoms with van der Waals surface area (Å²) >= 11 is 6.41. The number of nitrogens with two attached hydrogens (primary N) is 1. The second kappa shape index (κ2) is 9.92. The van der Waals surface area contributed by atoms with E-state index in [2.05, 4.69) is 15.3 Å². The number of aromatic nitrogens is 2. The number of likely N-dealkylation sites (tertiary alicyclic amines) is 1. The SMILES string of the molecule is CC1(C)CN(CC(=O)N2CCCC(C(N)=O)C2)[C@H](C(=O)Nc2cc(Cl)cc3c2[nH]c2cnccc23)CO1. The van der Waals surface area contributed by atoms with E-state index in [4.69, 9.17) is 22.1 Å². The Kier molecular flexibility index (Phi) is 6.82. The molecular formula is C26H31ClN6O4. The summed E-state index contributed by atoms with van der Waals surface area (Å²) in [6.45, 7) is 5.32.